The standard InChI is InChI=1S/C30H48O3/c1-25(2)14-16-30(24(32)33)17-15-28(6)19(20(30)18-25)8-9-22-27(5)12-11-23(31)26(3,4)21(27)10-13-29(22,28)7/h8,20-23,31H,9-18H2,1-7H3,(H,32,33)/t20-,21-,22?,23-,27-,28-,29+,30-/m0/s1. The molecule has 186 valence electrons. The quantitative estimate of drug-likeness (QED) is 0.409. The molecule has 8 atom stereocenters. The van der Waals surface area contributed by atoms with E-state index in [2.05, 4.69) is 54.5 Å². The highest BCUT2D eigenvalue weighted by Gasteiger charge is 2.69. The van der Waals surface area contributed by atoms with Crippen LogP contribution in [0.5, 0.6) is 0 Å². The van der Waals surface area contributed by atoms with Crippen LogP contribution in [0.3, 0.4) is 0 Å². The summed E-state index contributed by atoms with van der Waals surface area (Å²) in [7, 11) is 0. The van der Waals surface area contributed by atoms with Crippen molar-refractivity contribution in [3.63, 3.8) is 0 Å². The van der Waals surface area contributed by atoms with Crippen LogP contribution in [-0.2, 0) is 4.79 Å². The minimum Gasteiger partial charge on any atom is -0.481 e. The maximum atomic E-state index is 12.8. The first-order valence-electron chi connectivity index (χ1n) is 13.8. The first kappa shape index (κ1) is 23.9. The highest BCUT2D eigenvalue weighted by atomic mass is 16.4. The van der Waals surface area contributed by atoms with E-state index in [1.54, 1.807) is 0 Å². The largest absolute Gasteiger partial charge is 0.481 e. The molecular weight excluding hydrogens is 408 g/mol. The predicted octanol–water partition coefficient (Wildman–Crippen LogP) is 7.23. The first-order valence-corrected chi connectivity index (χ1v) is 13.8. The van der Waals surface area contributed by atoms with Crippen LogP contribution in [0.2, 0.25) is 0 Å². The summed E-state index contributed by atoms with van der Waals surface area (Å²) in [5.41, 5.74) is 1.68. The molecule has 0 aromatic rings. The van der Waals surface area contributed by atoms with Crippen LogP contribution in [0.15, 0.2) is 11.6 Å². The third-order valence-corrected chi connectivity index (χ3v) is 13.0. The van der Waals surface area contributed by atoms with E-state index in [0.717, 1.165) is 51.4 Å². The molecular formula is C30H48O3. The van der Waals surface area contributed by atoms with Gasteiger partial charge in [0.15, 0.2) is 0 Å². The molecule has 5 aliphatic rings. The van der Waals surface area contributed by atoms with Crippen molar-refractivity contribution in [1.82, 2.24) is 0 Å². The number of hydrogen-bond donors (Lipinski definition) is 2. The van der Waals surface area contributed by atoms with Gasteiger partial charge >= 0.3 is 5.97 Å². The minimum atomic E-state index is -0.553. The van der Waals surface area contributed by atoms with Crippen LogP contribution < -0.4 is 0 Å². The molecule has 0 bridgehead atoms. The number of aliphatic hydroxyl groups excluding tert-OH is 1. The second-order valence-corrected chi connectivity index (χ2v) is 15.1. The van der Waals surface area contributed by atoms with Crippen molar-refractivity contribution in [2.45, 2.75) is 119 Å². The molecule has 0 saturated heterocycles. The number of allylic oxidation sites excluding steroid dienone is 2. The second-order valence-electron chi connectivity index (χ2n) is 15.1. The molecule has 0 heterocycles. The second kappa shape index (κ2) is 6.89. The van der Waals surface area contributed by atoms with E-state index in [1.807, 2.05) is 0 Å². The molecule has 0 spiro atoms. The molecule has 0 aromatic carbocycles. The third-order valence-electron chi connectivity index (χ3n) is 13.0. The summed E-state index contributed by atoms with van der Waals surface area (Å²) in [5, 5.41) is 21.4. The van der Waals surface area contributed by atoms with Gasteiger partial charge in [0.2, 0.25) is 0 Å². The van der Waals surface area contributed by atoms with Gasteiger partial charge in [-0.1, -0.05) is 60.1 Å². The van der Waals surface area contributed by atoms with Crippen molar-refractivity contribution >= 4 is 5.97 Å². The molecule has 4 saturated carbocycles. The number of aliphatic hydroxyl groups is 1. The van der Waals surface area contributed by atoms with Crippen molar-refractivity contribution in [3.8, 4) is 0 Å². The molecule has 33 heavy (non-hydrogen) atoms. The van der Waals surface area contributed by atoms with Crippen LogP contribution in [0.4, 0.5) is 0 Å². The fraction of sp³-hybridized carbons (Fsp3) is 0.900. The van der Waals surface area contributed by atoms with Crippen LogP contribution in [0.25, 0.3) is 0 Å². The Labute approximate surface area is 201 Å². The molecule has 5 rings (SSSR count). The lowest BCUT2D eigenvalue weighted by Crippen LogP contribution is -2.65. The fourth-order valence-electron chi connectivity index (χ4n) is 10.6. The van der Waals surface area contributed by atoms with Gasteiger partial charge in [0, 0.05) is 0 Å². The predicted molar refractivity (Wildman–Crippen MR) is 133 cm³/mol. The van der Waals surface area contributed by atoms with Crippen molar-refractivity contribution in [2.75, 3.05) is 0 Å². The van der Waals surface area contributed by atoms with Crippen LogP contribution in [0.1, 0.15) is 113 Å². The lowest BCUT2D eigenvalue weighted by molar-refractivity contribution is -0.205. The van der Waals surface area contributed by atoms with E-state index in [1.165, 1.54) is 18.4 Å². The molecule has 0 aliphatic heterocycles. The summed E-state index contributed by atoms with van der Waals surface area (Å²) in [6.07, 6.45) is 12.6. The number of carboxylic acid groups (broad SMARTS) is 1. The van der Waals surface area contributed by atoms with Gasteiger partial charge in [-0.15, -0.1) is 0 Å². The van der Waals surface area contributed by atoms with Gasteiger partial charge in [0.25, 0.3) is 0 Å². The maximum Gasteiger partial charge on any atom is 0.310 e. The van der Waals surface area contributed by atoms with Gasteiger partial charge in [-0.05, 0) is 109 Å². The Bertz CT molecular complexity index is 885. The summed E-state index contributed by atoms with van der Waals surface area (Å²) in [6, 6.07) is 0. The zero-order valence-electron chi connectivity index (χ0n) is 22.3. The van der Waals surface area contributed by atoms with E-state index in [4.69, 9.17) is 0 Å². The number of hydrogen-bond acceptors (Lipinski definition) is 2. The van der Waals surface area contributed by atoms with E-state index in [0.29, 0.717) is 11.8 Å². The fourth-order valence-corrected chi connectivity index (χ4v) is 10.6. The van der Waals surface area contributed by atoms with E-state index in [9.17, 15) is 15.0 Å². The van der Waals surface area contributed by atoms with Gasteiger partial charge in [0.05, 0.1) is 11.5 Å². The highest BCUT2D eigenvalue weighted by Crippen LogP contribution is 2.75. The SMILES string of the molecule is CC1(C)CC[C@]2(C(=O)O)CC[C@@]3(C)C(=CCC4[C@@]5(C)CC[C@H](O)C(C)(C)[C@@H]5CC[C@]43C)[C@@H]2C1. The zero-order valence-corrected chi connectivity index (χ0v) is 22.3. The van der Waals surface area contributed by atoms with Crippen LogP contribution in [-0.4, -0.2) is 22.3 Å². The monoisotopic (exact) mass is 456 g/mol. The summed E-state index contributed by atoms with van der Waals surface area (Å²) in [6.45, 7) is 16.9. The normalized spacial score (nSPS) is 52.4. The molecule has 0 aromatic heterocycles. The Kier molecular flexibility index (Phi) is 4.99. The van der Waals surface area contributed by atoms with Crippen molar-refractivity contribution in [3.05, 3.63) is 11.6 Å². The molecule has 3 heteroatoms. The topological polar surface area (TPSA) is 57.5 Å². The van der Waals surface area contributed by atoms with Gasteiger partial charge in [0.1, 0.15) is 0 Å². The van der Waals surface area contributed by atoms with Crippen LogP contribution >= 0.6 is 0 Å². The highest BCUT2D eigenvalue weighted by molar-refractivity contribution is 5.76. The minimum absolute atomic E-state index is 0.0301. The first-order chi connectivity index (χ1) is 15.1. The number of aliphatic carboxylic acids is 1. The summed E-state index contributed by atoms with van der Waals surface area (Å²) >= 11 is 0. The smallest absolute Gasteiger partial charge is 0.310 e. The summed E-state index contributed by atoms with van der Waals surface area (Å²) < 4.78 is 0. The zero-order chi connectivity index (χ0) is 24.2. The summed E-state index contributed by atoms with van der Waals surface area (Å²) in [4.78, 5) is 12.8. The Morgan fingerprint density at radius 2 is 1.55 bits per heavy atom. The van der Waals surface area contributed by atoms with Gasteiger partial charge in [-0.25, -0.2) is 0 Å². The molecule has 4 fully saturated rings. The molecule has 0 amide bonds. The molecule has 1 unspecified atom stereocenters. The number of rotatable bonds is 1. The maximum absolute atomic E-state index is 12.8. The van der Waals surface area contributed by atoms with Crippen molar-refractivity contribution in [1.29, 1.82) is 0 Å². The molecule has 2 N–H and O–H groups in total. The number of carbonyl (C=O) groups is 1. The Hall–Kier alpha value is -0.830. The third kappa shape index (κ3) is 2.87. The average Bonchev–Trinajstić information content (AvgIpc) is 2.71. The van der Waals surface area contributed by atoms with Gasteiger partial charge in [-0.3, -0.25) is 4.79 Å². The number of carboxylic acids is 1. The Morgan fingerprint density at radius 1 is 0.879 bits per heavy atom. The molecule has 3 nitrogen and oxygen atoms in total. The Balaban J connectivity index is 1.60. The van der Waals surface area contributed by atoms with E-state index >= 15 is 0 Å². The average molecular weight is 457 g/mol. The van der Waals surface area contributed by atoms with Gasteiger partial charge in [-0.2, -0.15) is 0 Å². The van der Waals surface area contributed by atoms with Crippen LogP contribution in [0, 0.1) is 50.2 Å². The van der Waals surface area contributed by atoms with Gasteiger partial charge < -0.3 is 10.2 Å². The van der Waals surface area contributed by atoms with E-state index < -0.39 is 11.4 Å². The molecule has 5 aliphatic carbocycles. The van der Waals surface area contributed by atoms with Crippen molar-refractivity contribution in [2.24, 2.45) is 50.2 Å². The van der Waals surface area contributed by atoms with Crippen molar-refractivity contribution < 1.29 is 15.0 Å². The lowest BCUT2D eigenvalue weighted by Gasteiger charge is -2.71. The van der Waals surface area contributed by atoms with E-state index in [-0.39, 0.29) is 39.1 Å². The lowest BCUT2D eigenvalue weighted by atomic mass is 9.33. The molecule has 0 radical (unpaired) electrons. The summed E-state index contributed by atoms with van der Waals surface area (Å²) in [5.74, 6) is 0.807. The number of fused-ring (bicyclic) bond motifs is 7. The Morgan fingerprint density at radius 3 is 2.21 bits per heavy atom.